The Balaban J connectivity index is 0.00000300. The summed E-state index contributed by atoms with van der Waals surface area (Å²) in [4.78, 5) is 18.4. The third kappa shape index (κ3) is 7.34. The molecule has 5 nitrogen and oxygen atoms in total. The van der Waals surface area contributed by atoms with E-state index in [0.717, 1.165) is 56.1 Å². The standard InChI is InChI=1S/C23H30N4O.HI/c1-2-24-23(25-16-6-10-19-8-4-3-5-9-19)26-18-20-12-14-21(15-13-20)27-17-7-11-22(27)28;/h3-5,8-9,12-15H,2,6-7,10-11,16-18H2,1H3,(H2,24,25,26);1H. The Kier molecular flexibility index (Phi) is 9.97. The van der Waals surface area contributed by atoms with Gasteiger partial charge in [0.1, 0.15) is 0 Å². The minimum atomic E-state index is 0. The molecule has 0 spiro atoms. The monoisotopic (exact) mass is 506 g/mol. The van der Waals surface area contributed by atoms with Crippen LogP contribution in [0.4, 0.5) is 5.69 Å². The fraction of sp³-hybridized carbons (Fsp3) is 0.391. The molecule has 1 heterocycles. The number of rotatable bonds is 8. The van der Waals surface area contributed by atoms with Crippen LogP contribution in [0.3, 0.4) is 0 Å². The van der Waals surface area contributed by atoms with Gasteiger partial charge in [0.2, 0.25) is 5.91 Å². The van der Waals surface area contributed by atoms with Gasteiger partial charge in [0.25, 0.3) is 0 Å². The van der Waals surface area contributed by atoms with E-state index < -0.39 is 0 Å². The van der Waals surface area contributed by atoms with Crippen molar-refractivity contribution in [3.05, 3.63) is 65.7 Å². The third-order valence-corrected chi connectivity index (χ3v) is 4.86. The molecule has 2 aromatic carbocycles. The predicted molar refractivity (Wildman–Crippen MR) is 131 cm³/mol. The van der Waals surface area contributed by atoms with Crippen molar-refractivity contribution in [3.63, 3.8) is 0 Å². The number of carbonyl (C=O) groups is 1. The van der Waals surface area contributed by atoms with Gasteiger partial charge in [-0.2, -0.15) is 0 Å². The Morgan fingerprint density at radius 2 is 1.79 bits per heavy atom. The fourth-order valence-electron chi connectivity index (χ4n) is 3.36. The lowest BCUT2D eigenvalue weighted by Gasteiger charge is -2.16. The number of carbonyl (C=O) groups excluding carboxylic acids is 1. The molecule has 0 aromatic heterocycles. The zero-order valence-electron chi connectivity index (χ0n) is 17.1. The number of nitrogens with zero attached hydrogens (tertiary/aromatic N) is 2. The van der Waals surface area contributed by atoms with Crippen molar-refractivity contribution < 1.29 is 4.79 Å². The van der Waals surface area contributed by atoms with Crippen LogP contribution >= 0.6 is 24.0 Å². The first-order chi connectivity index (χ1) is 13.8. The lowest BCUT2D eigenvalue weighted by molar-refractivity contribution is -0.117. The fourth-order valence-corrected chi connectivity index (χ4v) is 3.36. The van der Waals surface area contributed by atoms with Crippen LogP contribution in [0.25, 0.3) is 0 Å². The van der Waals surface area contributed by atoms with E-state index in [0.29, 0.717) is 13.0 Å². The van der Waals surface area contributed by atoms with E-state index in [2.05, 4.69) is 58.9 Å². The highest BCUT2D eigenvalue weighted by atomic mass is 127. The van der Waals surface area contributed by atoms with E-state index >= 15 is 0 Å². The molecule has 1 amide bonds. The second-order valence-corrected chi connectivity index (χ2v) is 7.03. The first kappa shape index (κ1) is 23.2. The number of amides is 1. The molecule has 1 saturated heterocycles. The highest BCUT2D eigenvalue weighted by Gasteiger charge is 2.21. The molecule has 2 aromatic rings. The predicted octanol–water partition coefficient (Wildman–Crippen LogP) is 4.12. The summed E-state index contributed by atoms with van der Waals surface area (Å²) < 4.78 is 0. The van der Waals surface area contributed by atoms with E-state index in [1.165, 1.54) is 5.56 Å². The first-order valence-electron chi connectivity index (χ1n) is 10.2. The first-order valence-corrected chi connectivity index (χ1v) is 10.2. The molecule has 0 aliphatic carbocycles. The SMILES string of the molecule is CCNC(=NCc1ccc(N2CCCC2=O)cc1)NCCCc1ccccc1.I. The smallest absolute Gasteiger partial charge is 0.227 e. The van der Waals surface area contributed by atoms with Gasteiger partial charge in [-0.1, -0.05) is 42.5 Å². The molecule has 3 rings (SSSR count). The highest BCUT2D eigenvalue weighted by molar-refractivity contribution is 14.0. The van der Waals surface area contributed by atoms with E-state index in [1.807, 2.05) is 23.1 Å². The maximum Gasteiger partial charge on any atom is 0.227 e. The number of halogens is 1. The molecule has 2 N–H and O–H groups in total. The van der Waals surface area contributed by atoms with Crippen molar-refractivity contribution in [3.8, 4) is 0 Å². The number of benzene rings is 2. The Morgan fingerprint density at radius 3 is 2.45 bits per heavy atom. The lowest BCUT2D eigenvalue weighted by Crippen LogP contribution is -2.37. The van der Waals surface area contributed by atoms with Gasteiger partial charge in [-0.05, 0) is 49.4 Å². The molecule has 1 aliphatic rings. The minimum absolute atomic E-state index is 0. The normalized spacial score (nSPS) is 13.9. The summed E-state index contributed by atoms with van der Waals surface area (Å²) >= 11 is 0. The molecule has 156 valence electrons. The van der Waals surface area contributed by atoms with Crippen LogP contribution in [0.1, 0.15) is 37.3 Å². The summed E-state index contributed by atoms with van der Waals surface area (Å²) in [6.45, 7) is 5.23. The maximum absolute atomic E-state index is 11.8. The summed E-state index contributed by atoms with van der Waals surface area (Å²) in [5.74, 6) is 1.06. The summed E-state index contributed by atoms with van der Waals surface area (Å²) in [5.41, 5.74) is 3.49. The number of aliphatic imine (C=N–C) groups is 1. The molecular formula is C23H31IN4O. The molecule has 0 radical (unpaired) electrons. The molecule has 0 unspecified atom stereocenters. The highest BCUT2D eigenvalue weighted by Crippen LogP contribution is 2.21. The molecule has 29 heavy (non-hydrogen) atoms. The van der Waals surface area contributed by atoms with Crippen molar-refractivity contribution in [1.82, 2.24) is 10.6 Å². The minimum Gasteiger partial charge on any atom is -0.357 e. The van der Waals surface area contributed by atoms with Gasteiger partial charge in [-0.25, -0.2) is 4.99 Å². The number of guanidine groups is 1. The number of hydrogen-bond donors (Lipinski definition) is 2. The Bertz CT molecular complexity index is 777. The van der Waals surface area contributed by atoms with E-state index in [4.69, 9.17) is 0 Å². The van der Waals surface area contributed by atoms with Crippen molar-refractivity contribution in [2.75, 3.05) is 24.5 Å². The summed E-state index contributed by atoms with van der Waals surface area (Å²) in [5, 5.41) is 6.71. The maximum atomic E-state index is 11.8. The Hall–Kier alpha value is -2.09. The molecule has 0 bridgehead atoms. The van der Waals surface area contributed by atoms with E-state index in [-0.39, 0.29) is 29.9 Å². The van der Waals surface area contributed by atoms with E-state index in [9.17, 15) is 4.79 Å². The third-order valence-electron chi connectivity index (χ3n) is 4.86. The van der Waals surface area contributed by atoms with Crippen LogP contribution in [0.5, 0.6) is 0 Å². The molecule has 6 heteroatoms. The van der Waals surface area contributed by atoms with Gasteiger partial charge >= 0.3 is 0 Å². The van der Waals surface area contributed by atoms with Crippen LogP contribution in [-0.2, 0) is 17.8 Å². The number of hydrogen-bond acceptors (Lipinski definition) is 2. The van der Waals surface area contributed by atoms with Crippen LogP contribution < -0.4 is 15.5 Å². The van der Waals surface area contributed by atoms with Crippen LogP contribution in [-0.4, -0.2) is 31.5 Å². The van der Waals surface area contributed by atoms with Crippen LogP contribution in [0, 0.1) is 0 Å². The second kappa shape index (κ2) is 12.5. The van der Waals surface area contributed by atoms with Gasteiger partial charge < -0.3 is 15.5 Å². The van der Waals surface area contributed by atoms with Gasteiger partial charge in [0, 0.05) is 31.7 Å². The molecular weight excluding hydrogens is 475 g/mol. The van der Waals surface area contributed by atoms with Gasteiger partial charge in [0.05, 0.1) is 6.54 Å². The van der Waals surface area contributed by atoms with Crippen LogP contribution in [0.2, 0.25) is 0 Å². The van der Waals surface area contributed by atoms with Crippen LogP contribution in [0.15, 0.2) is 59.6 Å². The number of aryl methyl sites for hydroxylation is 1. The topological polar surface area (TPSA) is 56.7 Å². The summed E-state index contributed by atoms with van der Waals surface area (Å²) in [7, 11) is 0. The zero-order chi connectivity index (χ0) is 19.6. The Labute approximate surface area is 191 Å². The largest absolute Gasteiger partial charge is 0.357 e. The molecule has 1 aliphatic heterocycles. The molecule has 1 fully saturated rings. The van der Waals surface area contributed by atoms with Gasteiger partial charge in [-0.15, -0.1) is 24.0 Å². The average Bonchev–Trinajstić information content (AvgIpc) is 3.16. The van der Waals surface area contributed by atoms with Crippen molar-refractivity contribution >= 4 is 41.5 Å². The summed E-state index contributed by atoms with van der Waals surface area (Å²) in [6.07, 6.45) is 3.73. The molecule has 0 atom stereocenters. The summed E-state index contributed by atoms with van der Waals surface area (Å²) in [6, 6.07) is 18.7. The average molecular weight is 506 g/mol. The second-order valence-electron chi connectivity index (χ2n) is 7.03. The van der Waals surface area contributed by atoms with Crippen molar-refractivity contribution in [2.24, 2.45) is 4.99 Å². The van der Waals surface area contributed by atoms with Crippen molar-refractivity contribution in [2.45, 2.75) is 39.2 Å². The zero-order valence-corrected chi connectivity index (χ0v) is 19.4. The van der Waals surface area contributed by atoms with Gasteiger partial charge in [0.15, 0.2) is 5.96 Å². The number of anilines is 1. The van der Waals surface area contributed by atoms with E-state index in [1.54, 1.807) is 0 Å². The molecule has 0 saturated carbocycles. The quantitative estimate of drug-likeness (QED) is 0.245. The number of nitrogens with one attached hydrogen (secondary N) is 2. The lowest BCUT2D eigenvalue weighted by atomic mass is 10.1. The van der Waals surface area contributed by atoms with Crippen molar-refractivity contribution in [1.29, 1.82) is 0 Å². The van der Waals surface area contributed by atoms with Gasteiger partial charge in [-0.3, -0.25) is 4.79 Å². The Morgan fingerprint density at radius 1 is 1.03 bits per heavy atom.